The lowest BCUT2D eigenvalue weighted by Crippen LogP contribution is -1.96. The third-order valence-electron chi connectivity index (χ3n) is 1.45. The van der Waals surface area contributed by atoms with E-state index in [4.69, 9.17) is 23.2 Å². The fraction of sp³-hybridized carbons (Fsp3) is 0. The van der Waals surface area contributed by atoms with E-state index in [1.807, 2.05) is 0 Å². The number of rotatable bonds is 3. The van der Waals surface area contributed by atoms with Crippen molar-refractivity contribution in [2.75, 3.05) is 5.32 Å². The second-order valence-electron chi connectivity index (χ2n) is 2.49. The minimum atomic E-state index is -0.573. The zero-order valence-electron chi connectivity index (χ0n) is 7.21. The van der Waals surface area contributed by atoms with Crippen molar-refractivity contribution >= 4 is 44.8 Å². The predicted molar refractivity (Wildman–Crippen MR) is 64.1 cm³/mol. The van der Waals surface area contributed by atoms with E-state index < -0.39 is 4.92 Å². The summed E-state index contributed by atoms with van der Waals surface area (Å²) in [6.07, 6.45) is 1.19. The van der Waals surface area contributed by atoms with Gasteiger partial charge in [-0.05, 0) is 18.2 Å². The largest absolute Gasteiger partial charge is 0.354 e. The Bertz CT molecular complexity index is 423. The van der Waals surface area contributed by atoms with Gasteiger partial charge in [0.1, 0.15) is 0 Å². The van der Waals surface area contributed by atoms with Crippen LogP contribution in [0.1, 0.15) is 0 Å². The Labute approximate surface area is 104 Å². The quantitative estimate of drug-likeness (QED) is 0.523. The van der Waals surface area contributed by atoms with Crippen LogP contribution >= 0.6 is 39.1 Å². The van der Waals surface area contributed by atoms with Crippen LogP contribution in [0.3, 0.4) is 0 Å². The highest BCUT2D eigenvalue weighted by atomic mass is 79.9. The fourth-order valence-corrected chi connectivity index (χ4v) is 1.37. The molecule has 0 aliphatic carbocycles. The highest BCUT2D eigenvalue weighted by molar-refractivity contribution is 9.11. The minimum Gasteiger partial charge on any atom is -0.354 e. The average molecular weight is 312 g/mol. The van der Waals surface area contributed by atoms with Crippen LogP contribution in [0, 0.1) is 10.1 Å². The Balaban J connectivity index is 2.82. The van der Waals surface area contributed by atoms with E-state index in [9.17, 15) is 10.1 Å². The zero-order valence-corrected chi connectivity index (χ0v) is 10.3. The molecule has 1 rings (SSSR count). The average Bonchev–Trinajstić information content (AvgIpc) is 2.15. The monoisotopic (exact) mass is 310 g/mol. The smallest absolute Gasteiger partial charge is 0.326 e. The number of anilines is 1. The molecule has 0 spiro atoms. The molecule has 0 radical (unpaired) electrons. The van der Waals surface area contributed by atoms with Gasteiger partial charge in [0.25, 0.3) is 0 Å². The molecule has 7 heteroatoms. The number of benzene rings is 1. The lowest BCUT2D eigenvalue weighted by molar-refractivity contribution is -0.409. The molecule has 80 valence electrons. The molecule has 0 amide bonds. The number of hydrogen-bond donors (Lipinski definition) is 1. The van der Waals surface area contributed by atoms with Crippen molar-refractivity contribution in [3.63, 3.8) is 0 Å². The van der Waals surface area contributed by atoms with Crippen molar-refractivity contribution < 1.29 is 4.92 Å². The molecule has 1 N–H and O–H groups in total. The third kappa shape index (κ3) is 3.70. The van der Waals surface area contributed by atoms with Crippen molar-refractivity contribution in [3.8, 4) is 0 Å². The third-order valence-corrected chi connectivity index (χ3v) is 2.52. The summed E-state index contributed by atoms with van der Waals surface area (Å²) in [4.78, 5) is 9.68. The molecule has 15 heavy (non-hydrogen) atoms. The molecule has 0 saturated heterocycles. The first-order chi connectivity index (χ1) is 7.00. The predicted octanol–water partition coefficient (Wildman–Crippen LogP) is 3.88. The van der Waals surface area contributed by atoms with E-state index in [0.29, 0.717) is 15.7 Å². The molecule has 1 aromatic rings. The van der Waals surface area contributed by atoms with Crippen LogP contribution in [0.25, 0.3) is 0 Å². The Morgan fingerprint density at radius 2 is 2.20 bits per heavy atom. The van der Waals surface area contributed by atoms with Gasteiger partial charge in [-0.3, -0.25) is 10.1 Å². The van der Waals surface area contributed by atoms with Gasteiger partial charge in [-0.2, -0.15) is 0 Å². The zero-order chi connectivity index (χ0) is 11.4. The van der Waals surface area contributed by atoms with Crippen LogP contribution in [-0.2, 0) is 0 Å². The molecule has 0 saturated carbocycles. The number of nitrogens with one attached hydrogen (secondary N) is 1. The molecule has 0 aliphatic heterocycles. The van der Waals surface area contributed by atoms with E-state index >= 15 is 0 Å². The Morgan fingerprint density at radius 1 is 1.53 bits per heavy atom. The Kier molecular flexibility index (Phi) is 4.38. The number of nitrogens with zero attached hydrogens (tertiary/aromatic N) is 1. The van der Waals surface area contributed by atoms with Gasteiger partial charge in [-0.15, -0.1) is 0 Å². The molecule has 0 aromatic heterocycles. The Morgan fingerprint density at radius 3 is 2.73 bits per heavy atom. The van der Waals surface area contributed by atoms with Crippen LogP contribution in [0.2, 0.25) is 10.0 Å². The lowest BCUT2D eigenvalue weighted by Gasteiger charge is -2.02. The lowest BCUT2D eigenvalue weighted by atomic mass is 10.3. The topological polar surface area (TPSA) is 55.2 Å². The second-order valence-corrected chi connectivity index (χ2v) is 4.15. The fourth-order valence-electron chi connectivity index (χ4n) is 0.797. The molecular weight excluding hydrogens is 307 g/mol. The van der Waals surface area contributed by atoms with Crippen molar-refractivity contribution in [3.05, 3.63) is 49.2 Å². The minimum absolute atomic E-state index is 0.187. The highest BCUT2D eigenvalue weighted by Crippen LogP contribution is 2.25. The molecule has 0 bridgehead atoms. The summed E-state index contributed by atoms with van der Waals surface area (Å²) in [5, 5.41) is 13.8. The van der Waals surface area contributed by atoms with Crippen LogP contribution in [-0.4, -0.2) is 4.92 Å². The maximum absolute atomic E-state index is 10.3. The summed E-state index contributed by atoms with van der Waals surface area (Å²) in [7, 11) is 0. The molecular formula is C8H5BrCl2N2O2. The van der Waals surface area contributed by atoms with E-state index in [1.165, 1.54) is 6.20 Å². The highest BCUT2D eigenvalue weighted by Gasteiger charge is 2.05. The molecule has 0 atom stereocenters. The van der Waals surface area contributed by atoms with Crippen LogP contribution in [0.5, 0.6) is 0 Å². The molecule has 0 aliphatic rings. The van der Waals surface area contributed by atoms with E-state index in [-0.39, 0.29) is 4.61 Å². The summed E-state index contributed by atoms with van der Waals surface area (Å²) in [6, 6.07) is 4.80. The summed E-state index contributed by atoms with van der Waals surface area (Å²) < 4.78 is -0.187. The summed E-state index contributed by atoms with van der Waals surface area (Å²) in [5.74, 6) is 0. The van der Waals surface area contributed by atoms with Crippen molar-refractivity contribution in [2.45, 2.75) is 0 Å². The van der Waals surface area contributed by atoms with E-state index in [1.54, 1.807) is 18.2 Å². The summed E-state index contributed by atoms with van der Waals surface area (Å²) in [5.41, 5.74) is 0.542. The second kappa shape index (κ2) is 5.34. The summed E-state index contributed by atoms with van der Waals surface area (Å²) >= 11 is 14.3. The molecule has 4 nitrogen and oxygen atoms in total. The van der Waals surface area contributed by atoms with Crippen LogP contribution in [0.15, 0.2) is 29.0 Å². The molecule has 0 heterocycles. The molecule has 0 unspecified atom stereocenters. The van der Waals surface area contributed by atoms with Crippen LogP contribution in [0.4, 0.5) is 5.69 Å². The van der Waals surface area contributed by atoms with Gasteiger partial charge in [0, 0.05) is 21.0 Å². The standard InChI is InChI=1S/C8H5BrCl2N2O2/c9-8(13(14)15)4-12-7-2-1-5(10)3-6(7)11/h1-4,12H. The van der Waals surface area contributed by atoms with Crippen LogP contribution < -0.4 is 5.32 Å². The number of hydrogen-bond acceptors (Lipinski definition) is 3. The van der Waals surface area contributed by atoms with Gasteiger partial charge >= 0.3 is 4.61 Å². The maximum Gasteiger partial charge on any atom is 0.326 e. The van der Waals surface area contributed by atoms with Gasteiger partial charge in [-0.25, -0.2) is 0 Å². The van der Waals surface area contributed by atoms with Crippen molar-refractivity contribution in [2.24, 2.45) is 0 Å². The number of nitro groups is 1. The normalized spacial score (nSPS) is 11.3. The van der Waals surface area contributed by atoms with Gasteiger partial charge in [0.2, 0.25) is 0 Å². The van der Waals surface area contributed by atoms with Gasteiger partial charge in [0.05, 0.1) is 21.8 Å². The van der Waals surface area contributed by atoms with Crippen molar-refractivity contribution in [1.82, 2.24) is 0 Å². The van der Waals surface area contributed by atoms with Gasteiger partial charge in [-0.1, -0.05) is 23.2 Å². The van der Waals surface area contributed by atoms with E-state index in [0.717, 1.165) is 0 Å². The Hall–Kier alpha value is -0.780. The van der Waals surface area contributed by atoms with E-state index in [2.05, 4.69) is 21.2 Å². The first-order valence-electron chi connectivity index (χ1n) is 3.72. The number of halogens is 3. The van der Waals surface area contributed by atoms with Crippen molar-refractivity contribution in [1.29, 1.82) is 0 Å². The first-order valence-corrected chi connectivity index (χ1v) is 5.27. The maximum atomic E-state index is 10.3. The van der Waals surface area contributed by atoms with Gasteiger partial charge < -0.3 is 5.32 Å². The molecule has 1 aromatic carbocycles. The molecule has 0 fully saturated rings. The summed E-state index contributed by atoms with van der Waals surface area (Å²) in [6.45, 7) is 0. The SMILES string of the molecule is O=[N+]([O-])C(Br)=CNc1ccc(Cl)cc1Cl. The van der Waals surface area contributed by atoms with Gasteiger partial charge in [0.15, 0.2) is 0 Å². The first kappa shape index (κ1) is 12.3.